The summed E-state index contributed by atoms with van der Waals surface area (Å²) in [6, 6.07) is 11.4. The van der Waals surface area contributed by atoms with Crippen molar-refractivity contribution in [1.29, 1.82) is 0 Å². The number of ether oxygens (including phenoxy) is 1. The Bertz CT molecular complexity index is 1720. The van der Waals surface area contributed by atoms with Gasteiger partial charge in [-0.05, 0) is 56.2 Å². The fraction of sp³-hybridized carbons (Fsp3) is 0.207. The summed E-state index contributed by atoms with van der Waals surface area (Å²) in [7, 11) is 0. The molecule has 0 radical (unpaired) electrons. The Morgan fingerprint density at radius 2 is 1.97 bits per heavy atom. The number of Topliss-reactive ketones (excluding diaryl/α,β-unsaturated/α-hetero) is 1. The average molecular weight is 543 g/mol. The number of hydrogen-bond donors (Lipinski definition) is 1. The van der Waals surface area contributed by atoms with Gasteiger partial charge in [-0.15, -0.1) is 17.9 Å². The van der Waals surface area contributed by atoms with Gasteiger partial charge < -0.3 is 15.0 Å². The molecular weight excluding hydrogens is 516 g/mol. The minimum atomic E-state index is -0.885. The zero-order chi connectivity index (χ0) is 27.8. The molecule has 1 unspecified atom stereocenters. The number of hydrogen-bond acceptors (Lipinski definition) is 7. The molecule has 3 heterocycles. The van der Waals surface area contributed by atoms with Crippen LogP contribution in [0.5, 0.6) is 5.75 Å². The molecule has 0 saturated heterocycles. The number of fused-ring (bicyclic) bond motifs is 2. The van der Waals surface area contributed by atoms with Crippen molar-refractivity contribution in [1.82, 2.24) is 9.55 Å². The molecule has 9 nitrogen and oxygen atoms in total. The van der Waals surface area contributed by atoms with Crippen LogP contribution in [0.4, 0.5) is 11.4 Å². The largest absolute Gasteiger partial charge is 0.482 e. The molecule has 0 bridgehead atoms. The first-order chi connectivity index (χ1) is 18.7. The molecule has 5 rings (SSSR count). The van der Waals surface area contributed by atoms with E-state index in [-0.39, 0.29) is 30.7 Å². The molecule has 2 aromatic heterocycles. The van der Waals surface area contributed by atoms with E-state index >= 15 is 0 Å². The fourth-order valence-corrected chi connectivity index (χ4v) is 5.61. The number of para-hydroxylation sites is 1. The number of carbonyl (C=O) groups excluding carboxylic acids is 3. The Kier molecular flexibility index (Phi) is 6.88. The fourth-order valence-electron chi connectivity index (χ4n) is 4.57. The molecule has 1 N–H and O–H groups in total. The molecular formula is C29H26N4O5S. The van der Waals surface area contributed by atoms with E-state index in [9.17, 15) is 19.2 Å². The molecule has 0 aliphatic carbocycles. The lowest BCUT2D eigenvalue weighted by molar-refractivity contribution is -0.121. The van der Waals surface area contributed by atoms with Gasteiger partial charge in [0.1, 0.15) is 10.6 Å². The van der Waals surface area contributed by atoms with Crippen LogP contribution in [0.25, 0.3) is 10.2 Å². The number of carbonyl (C=O) groups is 3. The zero-order valence-corrected chi connectivity index (χ0v) is 22.5. The molecule has 2 aromatic carbocycles. The van der Waals surface area contributed by atoms with Gasteiger partial charge in [-0.1, -0.05) is 24.3 Å². The normalized spacial score (nSPS) is 13.5. The van der Waals surface area contributed by atoms with Crippen LogP contribution >= 0.6 is 11.3 Å². The summed E-state index contributed by atoms with van der Waals surface area (Å²) in [5.41, 5.74) is 2.51. The third-order valence-corrected chi connectivity index (χ3v) is 7.97. The minimum Gasteiger partial charge on any atom is -0.482 e. The Morgan fingerprint density at radius 3 is 2.72 bits per heavy atom. The summed E-state index contributed by atoms with van der Waals surface area (Å²) >= 11 is 1.14. The zero-order valence-electron chi connectivity index (χ0n) is 21.7. The number of aromatic nitrogens is 2. The highest BCUT2D eigenvalue weighted by Gasteiger charge is 2.28. The van der Waals surface area contributed by atoms with Crippen molar-refractivity contribution in [2.75, 3.05) is 23.4 Å². The Morgan fingerprint density at radius 1 is 1.21 bits per heavy atom. The first kappa shape index (κ1) is 26.1. The molecule has 39 heavy (non-hydrogen) atoms. The van der Waals surface area contributed by atoms with Gasteiger partial charge in [0.05, 0.1) is 28.3 Å². The molecule has 1 atom stereocenters. The highest BCUT2D eigenvalue weighted by atomic mass is 32.1. The van der Waals surface area contributed by atoms with Gasteiger partial charge in [0, 0.05) is 17.8 Å². The minimum absolute atomic E-state index is 0.0867. The molecule has 0 spiro atoms. The van der Waals surface area contributed by atoms with Gasteiger partial charge in [-0.2, -0.15) is 0 Å². The van der Waals surface area contributed by atoms with E-state index in [4.69, 9.17) is 4.74 Å². The van der Waals surface area contributed by atoms with E-state index in [1.54, 1.807) is 38.1 Å². The van der Waals surface area contributed by atoms with Crippen molar-refractivity contribution in [2.24, 2.45) is 0 Å². The molecule has 4 aromatic rings. The van der Waals surface area contributed by atoms with Crippen molar-refractivity contribution in [2.45, 2.75) is 26.8 Å². The molecule has 0 saturated carbocycles. The maximum Gasteiger partial charge on any atom is 0.266 e. The number of anilines is 2. The standard InChI is InChI=1S/C29H26N4O5S/c1-5-12-32-21-13-19(10-11-22(21)38-14-23(32)34)25(35)18(4)33-15-30-28-24(29(33)37)17(3)26(39-28)27(36)31-20-9-7-6-8-16(20)2/h5-11,13,15,18H,1,12,14H2,2-4H3,(H,31,36). The summed E-state index contributed by atoms with van der Waals surface area (Å²) in [5.74, 6) is -0.398. The van der Waals surface area contributed by atoms with E-state index in [2.05, 4.69) is 16.9 Å². The highest BCUT2D eigenvalue weighted by molar-refractivity contribution is 7.20. The third kappa shape index (κ3) is 4.63. The first-order valence-electron chi connectivity index (χ1n) is 12.3. The maximum atomic E-state index is 13.5. The van der Waals surface area contributed by atoms with E-state index in [1.165, 1.54) is 15.8 Å². The SMILES string of the molecule is C=CCN1C(=O)COc2ccc(C(=O)C(C)n3cnc4sc(C(=O)Nc5ccccc5C)c(C)c4c3=O)cc21. The Labute approximate surface area is 228 Å². The van der Waals surface area contributed by atoms with Gasteiger partial charge in [0.25, 0.3) is 17.4 Å². The Balaban J connectivity index is 1.47. The summed E-state index contributed by atoms with van der Waals surface area (Å²) in [5, 5.41) is 3.21. The number of aryl methyl sites for hydroxylation is 2. The molecule has 2 amide bonds. The van der Waals surface area contributed by atoms with Gasteiger partial charge in [0.2, 0.25) is 0 Å². The highest BCUT2D eigenvalue weighted by Crippen LogP contribution is 2.34. The lowest BCUT2D eigenvalue weighted by atomic mass is 10.0. The van der Waals surface area contributed by atoms with Crippen molar-refractivity contribution in [3.63, 3.8) is 0 Å². The van der Waals surface area contributed by atoms with Crippen LogP contribution in [-0.4, -0.2) is 40.3 Å². The van der Waals surface area contributed by atoms with Crippen molar-refractivity contribution >= 4 is 50.5 Å². The third-order valence-electron chi connectivity index (χ3n) is 6.77. The summed E-state index contributed by atoms with van der Waals surface area (Å²) < 4.78 is 6.78. The predicted molar refractivity (Wildman–Crippen MR) is 151 cm³/mol. The molecule has 198 valence electrons. The molecule has 1 aliphatic rings. The summed E-state index contributed by atoms with van der Waals surface area (Å²) in [4.78, 5) is 59.2. The van der Waals surface area contributed by atoms with E-state index in [0.717, 1.165) is 16.9 Å². The second-order valence-corrected chi connectivity index (χ2v) is 10.3. The van der Waals surface area contributed by atoms with Crippen LogP contribution in [-0.2, 0) is 4.79 Å². The van der Waals surface area contributed by atoms with Crippen LogP contribution in [0.2, 0.25) is 0 Å². The number of rotatable bonds is 7. The summed E-state index contributed by atoms with van der Waals surface area (Å²) in [6.45, 7) is 9.11. The lowest BCUT2D eigenvalue weighted by Crippen LogP contribution is -2.39. The van der Waals surface area contributed by atoms with Crippen molar-refractivity contribution < 1.29 is 19.1 Å². The van der Waals surface area contributed by atoms with E-state index < -0.39 is 11.6 Å². The summed E-state index contributed by atoms with van der Waals surface area (Å²) in [6.07, 6.45) is 2.94. The van der Waals surface area contributed by atoms with Crippen molar-refractivity contribution in [3.8, 4) is 5.75 Å². The Hall–Kier alpha value is -4.57. The number of benzene rings is 2. The smallest absolute Gasteiger partial charge is 0.266 e. The lowest BCUT2D eigenvalue weighted by Gasteiger charge is -2.29. The first-order valence-corrected chi connectivity index (χ1v) is 13.1. The average Bonchev–Trinajstić information content (AvgIpc) is 3.28. The monoisotopic (exact) mass is 542 g/mol. The van der Waals surface area contributed by atoms with Gasteiger partial charge in [0.15, 0.2) is 12.4 Å². The van der Waals surface area contributed by atoms with Gasteiger partial charge in [-0.25, -0.2) is 4.98 Å². The number of nitrogens with zero attached hydrogens (tertiary/aromatic N) is 3. The van der Waals surface area contributed by atoms with Crippen LogP contribution in [0.3, 0.4) is 0 Å². The molecule has 0 fully saturated rings. The second kappa shape index (κ2) is 10.3. The maximum absolute atomic E-state index is 13.5. The van der Waals surface area contributed by atoms with Crippen LogP contribution < -0.4 is 20.5 Å². The van der Waals surface area contributed by atoms with Gasteiger partial charge >= 0.3 is 0 Å². The van der Waals surface area contributed by atoms with Crippen LogP contribution in [0.15, 0.2) is 66.2 Å². The molecule has 10 heteroatoms. The molecule has 1 aliphatic heterocycles. The van der Waals surface area contributed by atoms with Crippen LogP contribution in [0, 0.1) is 13.8 Å². The predicted octanol–water partition coefficient (Wildman–Crippen LogP) is 4.68. The number of nitrogens with one attached hydrogen (secondary N) is 1. The van der Waals surface area contributed by atoms with E-state index in [1.807, 2.05) is 31.2 Å². The topological polar surface area (TPSA) is 111 Å². The number of thiophene rings is 1. The van der Waals surface area contributed by atoms with Gasteiger partial charge in [-0.3, -0.25) is 23.7 Å². The number of amides is 2. The quantitative estimate of drug-likeness (QED) is 0.268. The number of ketones is 1. The second-order valence-electron chi connectivity index (χ2n) is 9.27. The van der Waals surface area contributed by atoms with E-state index in [0.29, 0.717) is 43.3 Å². The van der Waals surface area contributed by atoms with Crippen LogP contribution in [0.1, 0.15) is 44.1 Å². The van der Waals surface area contributed by atoms with Crippen molar-refractivity contribution in [3.05, 3.63) is 93.4 Å².